The Labute approximate surface area is 183 Å². The Morgan fingerprint density at radius 1 is 1.30 bits per heavy atom. The standard InChI is InChI=1S/C23H30ClN3O3/c1-3-25-23(27-14-21(28)19-6-4-5-7-20(19)24)26-13-17-9-8-16(2)12-22(17)30-18-10-11-29-15-18/h4-9,12,18,21,28H,3,10-11,13-15H2,1-2H3,(H2,25,26,27). The van der Waals surface area contributed by atoms with Gasteiger partial charge in [-0.2, -0.15) is 0 Å². The van der Waals surface area contributed by atoms with Crippen molar-refractivity contribution in [2.45, 2.75) is 39.0 Å². The molecule has 1 aliphatic heterocycles. The zero-order valence-electron chi connectivity index (χ0n) is 17.5. The van der Waals surface area contributed by atoms with Crippen LogP contribution in [0, 0.1) is 6.92 Å². The van der Waals surface area contributed by atoms with Crippen LogP contribution in [0.1, 0.15) is 36.1 Å². The molecule has 0 aliphatic carbocycles. The van der Waals surface area contributed by atoms with Gasteiger partial charge in [0, 0.05) is 35.7 Å². The summed E-state index contributed by atoms with van der Waals surface area (Å²) in [5.74, 6) is 1.47. The Hall–Kier alpha value is -2.28. The first-order valence-corrected chi connectivity index (χ1v) is 10.7. The minimum absolute atomic E-state index is 0.0895. The van der Waals surface area contributed by atoms with Crippen LogP contribution in [0.25, 0.3) is 0 Å². The van der Waals surface area contributed by atoms with Crippen LogP contribution in [-0.2, 0) is 11.3 Å². The Kier molecular flexibility index (Phi) is 8.37. The van der Waals surface area contributed by atoms with E-state index in [1.165, 1.54) is 0 Å². The molecule has 7 heteroatoms. The topological polar surface area (TPSA) is 75.1 Å². The lowest BCUT2D eigenvalue weighted by molar-refractivity contribution is 0.140. The molecule has 0 radical (unpaired) electrons. The van der Waals surface area contributed by atoms with Crippen molar-refractivity contribution in [1.29, 1.82) is 0 Å². The van der Waals surface area contributed by atoms with Crippen molar-refractivity contribution < 1.29 is 14.6 Å². The third-order valence-electron chi connectivity index (χ3n) is 4.88. The van der Waals surface area contributed by atoms with Gasteiger partial charge in [0.25, 0.3) is 0 Å². The largest absolute Gasteiger partial charge is 0.488 e. The lowest BCUT2D eigenvalue weighted by Gasteiger charge is -2.18. The molecule has 1 saturated heterocycles. The van der Waals surface area contributed by atoms with Gasteiger partial charge < -0.3 is 25.2 Å². The molecule has 30 heavy (non-hydrogen) atoms. The van der Waals surface area contributed by atoms with Gasteiger partial charge in [0.2, 0.25) is 0 Å². The molecule has 2 unspecified atom stereocenters. The Balaban J connectivity index is 1.66. The fourth-order valence-corrected chi connectivity index (χ4v) is 3.50. The molecule has 3 rings (SSSR count). The molecule has 0 aromatic heterocycles. The van der Waals surface area contributed by atoms with Gasteiger partial charge in [0.15, 0.2) is 5.96 Å². The average molecular weight is 432 g/mol. The number of nitrogens with one attached hydrogen (secondary N) is 2. The predicted molar refractivity (Wildman–Crippen MR) is 120 cm³/mol. The van der Waals surface area contributed by atoms with Crippen LogP contribution in [0.15, 0.2) is 47.5 Å². The summed E-state index contributed by atoms with van der Waals surface area (Å²) < 4.78 is 11.6. The van der Waals surface area contributed by atoms with Gasteiger partial charge in [-0.25, -0.2) is 4.99 Å². The average Bonchev–Trinajstić information content (AvgIpc) is 3.24. The highest BCUT2D eigenvalue weighted by Gasteiger charge is 2.19. The van der Waals surface area contributed by atoms with Crippen LogP contribution in [0.4, 0.5) is 0 Å². The van der Waals surface area contributed by atoms with Crippen LogP contribution in [0.2, 0.25) is 5.02 Å². The molecule has 162 valence electrons. The lowest BCUT2D eigenvalue weighted by Crippen LogP contribution is -2.39. The molecule has 1 aliphatic rings. The molecule has 2 aromatic carbocycles. The number of aliphatic imine (C=N–C) groups is 1. The summed E-state index contributed by atoms with van der Waals surface area (Å²) in [5, 5.41) is 17.4. The normalized spacial score (nSPS) is 17.6. The maximum Gasteiger partial charge on any atom is 0.191 e. The maximum absolute atomic E-state index is 10.5. The van der Waals surface area contributed by atoms with Crippen LogP contribution in [0.5, 0.6) is 5.75 Å². The SMILES string of the molecule is CCNC(=NCc1ccc(C)cc1OC1CCOC1)NCC(O)c1ccccc1Cl. The number of rotatable bonds is 8. The van der Waals surface area contributed by atoms with E-state index in [0.29, 0.717) is 42.8 Å². The van der Waals surface area contributed by atoms with Gasteiger partial charge in [-0.15, -0.1) is 0 Å². The molecule has 2 aromatic rings. The van der Waals surface area contributed by atoms with E-state index in [9.17, 15) is 5.11 Å². The van der Waals surface area contributed by atoms with Crippen molar-refractivity contribution in [3.8, 4) is 5.75 Å². The van der Waals surface area contributed by atoms with Crippen LogP contribution < -0.4 is 15.4 Å². The molecule has 0 amide bonds. The minimum atomic E-state index is -0.733. The second-order valence-electron chi connectivity index (χ2n) is 7.33. The molecule has 2 atom stereocenters. The smallest absolute Gasteiger partial charge is 0.191 e. The summed E-state index contributed by atoms with van der Waals surface area (Å²) >= 11 is 6.18. The molecule has 0 spiro atoms. The third kappa shape index (κ3) is 6.36. The molecular formula is C23H30ClN3O3. The maximum atomic E-state index is 10.5. The number of aryl methyl sites for hydroxylation is 1. The Morgan fingerprint density at radius 3 is 2.87 bits per heavy atom. The van der Waals surface area contributed by atoms with E-state index in [4.69, 9.17) is 21.1 Å². The summed E-state index contributed by atoms with van der Waals surface area (Å²) in [6.45, 7) is 6.89. The van der Waals surface area contributed by atoms with Crippen LogP contribution in [-0.4, -0.2) is 43.5 Å². The van der Waals surface area contributed by atoms with Gasteiger partial charge in [-0.1, -0.05) is 41.9 Å². The van der Waals surface area contributed by atoms with Gasteiger partial charge in [0.05, 0.1) is 25.9 Å². The van der Waals surface area contributed by atoms with E-state index in [-0.39, 0.29) is 6.10 Å². The quantitative estimate of drug-likeness (QED) is 0.440. The second kappa shape index (κ2) is 11.2. The third-order valence-corrected chi connectivity index (χ3v) is 5.23. The first kappa shape index (κ1) is 22.4. The van der Waals surface area contributed by atoms with Crippen molar-refractivity contribution in [2.75, 3.05) is 26.3 Å². The molecule has 1 heterocycles. The van der Waals surface area contributed by atoms with Crippen LogP contribution >= 0.6 is 11.6 Å². The van der Waals surface area contributed by atoms with Gasteiger partial charge in [0.1, 0.15) is 11.9 Å². The van der Waals surface area contributed by atoms with Gasteiger partial charge in [-0.05, 0) is 31.5 Å². The summed E-state index contributed by atoms with van der Waals surface area (Å²) in [4.78, 5) is 4.68. The van der Waals surface area contributed by atoms with Crippen molar-refractivity contribution >= 4 is 17.6 Å². The first-order chi connectivity index (χ1) is 14.6. The predicted octanol–water partition coefficient (Wildman–Crippen LogP) is 3.60. The fourth-order valence-electron chi connectivity index (χ4n) is 3.24. The van der Waals surface area contributed by atoms with Crippen molar-refractivity contribution in [1.82, 2.24) is 10.6 Å². The first-order valence-electron chi connectivity index (χ1n) is 10.4. The minimum Gasteiger partial charge on any atom is -0.488 e. The molecule has 3 N–H and O–H groups in total. The Morgan fingerprint density at radius 2 is 2.13 bits per heavy atom. The number of aliphatic hydroxyl groups excluding tert-OH is 1. The number of guanidine groups is 1. The summed E-state index contributed by atoms with van der Waals surface area (Å²) in [7, 11) is 0. The summed E-state index contributed by atoms with van der Waals surface area (Å²) in [6.07, 6.45) is 0.260. The van der Waals surface area contributed by atoms with Gasteiger partial charge >= 0.3 is 0 Å². The van der Waals surface area contributed by atoms with E-state index < -0.39 is 6.10 Å². The second-order valence-corrected chi connectivity index (χ2v) is 7.74. The fraction of sp³-hybridized carbons (Fsp3) is 0.435. The van der Waals surface area contributed by atoms with Crippen molar-refractivity contribution in [3.63, 3.8) is 0 Å². The number of hydrogen-bond donors (Lipinski definition) is 3. The van der Waals surface area contributed by atoms with E-state index >= 15 is 0 Å². The zero-order chi connectivity index (χ0) is 21.3. The molecule has 0 saturated carbocycles. The van der Waals surface area contributed by atoms with Crippen molar-refractivity contribution in [2.24, 2.45) is 4.99 Å². The summed E-state index contributed by atoms with van der Waals surface area (Å²) in [6, 6.07) is 13.4. The van der Waals surface area contributed by atoms with Crippen molar-refractivity contribution in [3.05, 3.63) is 64.2 Å². The van der Waals surface area contributed by atoms with Crippen LogP contribution in [0.3, 0.4) is 0 Å². The molecular weight excluding hydrogens is 402 g/mol. The van der Waals surface area contributed by atoms with E-state index in [1.54, 1.807) is 6.07 Å². The molecule has 6 nitrogen and oxygen atoms in total. The molecule has 1 fully saturated rings. The van der Waals surface area contributed by atoms with Gasteiger partial charge in [-0.3, -0.25) is 0 Å². The number of halogens is 1. The lowest BCUT2D eigenvalue weighted by atomic mass is 10.1. The number of hydrogen-bond acceptors (Lipinski definition) is 4. The molecule has 0 bridgehead atoms. The zero-order valence-corrected chi connectivity index (χ0v) is 18.3. The Bertz CT molecular complexity index is 853. The van der Waals surface area contributed by atoms with E-state index in [2.05, 4.69) is 21.7 Å². The number of aliphatic hydroxyl groups is 1. The highest BCUT2D eigenvalue weighted by molar-refractivity contribution is 6.31. The van der Waals surface area contributed by atoms with E-state index in [1.807, 2.05) is 44.2 Å². The highest BCUT2D eigenvalue weighted by Crippen LogP contribution is 2.25. The monoisotopic (exact) mass is 431 g/mol. The highest BCUT2D eigenvalue weighted by atomic mass is 35.5. The number of ether oxygens (including phenoxy) is 2. The van der Waals surface area contributed by atoms with E-state index in [0.717, 1.165) is 29.9 Å². The number of nitrogens with zero attached hydrogens (tertiary/aromatic N) is 1. The number of benzene rings is 2. The summed E-state index contributed by atoms with van der Waals surface area (Å²) in [5.41, 5.74) is 2.84.